The van der Waals surface area contributed by atoms with Crippen LogP contribution in [0.3, 0.4) is 0 Å². The van der Waals surface area contributed by atoms with Gasteiger partial charge in [-0.3, -0.25) is 9.48 Å². The second kappa shape index (κ2) is 6.25. The molecule has 26 heavy (non-hydrogen) atoms. The number of imidazole rings is 1. The number of nitrogens with one attached hydrogen (secondary N) is 1. The van der Waals surface area contributed by atoms with E-state index in [9.17, 15) is 4.79 Å². The topological polar surface area (TPSA) is 77.1 Å². The van der Waals surface area contributed by atoms with Crippen LogP contribution in [0.1, 0.15) is 27.4 Å². The molecule has 0 aliphatic heterocycles. The fourth-order valence-electron chi connectivity index (χ4n) is 3.26. The van der Waals surface area contributed by atoms with Crippen molar-refractivity contribution in [2.45, 2.75) is 20.3 Å². The highest BCUT2D eigenvalue weighted by Crippen LogP contribution is 2.21. The van der Waals surface area contributed by atoms with E-state index in [0.29, 0.717) is 18.5 Å². The molecule has 1 amide bonds. The summed E-state index contributed by atoms with van der Waals surface area (Å²) in [5.41, 5.74) is 4.81. The molecule has 1 N–H and O–H groups in total. The predicted octanol–water partition coefficient (Wildman–Crippen LogP) is 2.21. The number of pyridine rings is 2. The summed E-state index contributed by atoms with van der Waals surface area (Å²) in [5.74, 6) is -0.111. The first-order chi connectivity index (χ1) is 12.5. The third-order valence-electron chi connectivity index (χ3n) is 4.42. The SMILES string of the molecule is Cc1cc(C(=O)NCCc2cn3ccccc3n2)c2c(C)nn(C)c2n1. The summed E-state index contributed by atoms with van der Waals surface area (Å²) in [6, 6.07) is 7.70. The second-order valence-corrected chi connectivity index (χ2v) is 6.42. The van der Waals surface area contributed by atoms with Gasteiger partial charge in [0.05, 0.1) is 22.3 Å². The van der Waals surface area contributed by atoms with Crippen LogP contribution < -0.4 is 5.32 Å². The van der Waals surface area contributed by atoms with Crippen LogP contribution in [0.5, 0.6) is 0 Å². The number of carbonyl (C=O) groups excluding carboxylic acids is 1. The molecule has 7 heteroatoms. The van der Waals surface area contributed by atoms with Crippen molar-refractivity contribution in [2.75, 3.05) is 6.54 Å². The lowest BCUT2D eigenvalue weighted by molar-refractivity contribution is 0.0955. The Morgan fingerprint density at radius 2 is 2.08 bits per heavy atom. The van der Waals surface area contributed by atoms with Gasteiger partial charge in [0.25, 0.3) is 5.91 Å². The fraction of sp³-hybridized carbons (Fsp3) is 0.263. The number of hydrogen-bond donors (Lipinski definition) is 1. The van der Waals surface area contributed by atoms with E-state index >= 15 is 0 Å². The molecular formula is C19H20N6O. The molecule has 0 atom stereocenters. The molecule has 0 aliphatic rings. The maximum Gasteiger partial charge on any atom is 0.252 e. The van der Waals surface area contributed by atoms with E-state index < -0.39 is 0 Å². The summed E-state index contributed by atoms with van der Waals surface area (Å²) in [4.78, 5) is 21.8. The van der Waals surface area contributed by atoms with Crippen molar-refractivity contribution in [3.8, 4) is 0 Å². The van der Waals surface area contributed by atoms with E-state index in [4.69, 9.17) is 0 Å². The van der Waals surface area contributed by atoms with Crippen molar-refractivity contribution < 1.29 is 4.79 Å². The summed E-state index contributed by atoms with van der Waals surface area (Å²) in [6.07, 6.45) is 4.63. The van der Waals surface area contributed by atoms with Gasteiger partial charge in [0.15, 0.2) is 5.65 Å². The smallest absolute Gasteiger partial charge is 0.252 e. The van der Waals surface area contributed by atoms with Crippen molar-refractivity contribution in [2.24, 2.45) is 7.05 Å². The van der Waals surface area contributed by atoms with Crippen molar-refractivity contribution in [3.63, 3.8) is 0 Å². The zero-order valence-corrected chi connectivity index (χ0v) is 15.0. The lowest BCUT2D eigenvalue weighted by Gasteiger charge is -2.07. The largest absolute Gasteiger partial charge is 0.352 e. The van der Waals surface area contributed by atoms with Gasteiger partial charge in [-0.15, -0.1) is 0 Å². The van der Waals surface area contributed by atoms with Gasteiger partial charge < -0.3 is 9.72 Å². The van der Waals surface area contributed by atoms with E-state index in [-0.39, 0.29) is 5.91 Å². The summed E-state index contributed by atoms with van der Waals surface area (Å²) in [6.45, 7) is 4.30. The van der Waals surface area contributed by atoms with Gasteiger partial charge in [-0.05, 0) is 32.0 Å². The van der Waals surface area contributed by atoms with Crippen LogP contribution >= 0.6 is 0 Å². The number of fused-ring (bicyclic) bond motifs is 2. The van der Waals surface area contributed by atoms with Gasteiger partial charge in [-0.2, -0.15) is 5.10 Å². The third-order valence-corrected chi connectivity index (χ3v) is 4.42. The molecule has 0 spiro atoms. The number of amides is 1. The van der Waals surface area contributed by atoms with Gasteiger partial charge >= 0.3 is 0 Å². The van der Waals surface area contributed by atoms with E-state index in [1.54, 1.807) is 4.68 Å². The first-order valence-corrected chi connectivity index (χ1v) is 8.54. The Bertz CT molecular complexity index is 1090. The number of aryl methyl sites for hydroxylation is 3. The van der Waals surface area contributed by atoms with Gasteiger partial charge in [0.2, 0.25) is 0 Å². The van der Waals surface area contributed by atoms with Crippen LogP contribution in [0.4, 0.5) is 0 Å². The lowest BCUT2D eigenvalue weighted by atomic mass is 10.1. The van der Waals surface area contributed by atoms with Gasteiger partial charge in [-0.1, -0.05) is 6.07 Å². The molecular weight excluding hydrogens is 328 g/mol. The zero-order chi connectivity index (χ0) is 18.3. The molecule has 4 aromatic heterocycles. The number of aromatic nitrogens is 5. The Morgan fingerprint density at radius 3 is 2.88 bits per heavy atom. The highest BCUT2D eigenvalue weighted by Gasteiger charge is 2.17. The van der Waals surface area contributed by atoms with Crippen LogP contribution in [-0.4, -0.2) is 36.6 Å². The van der Waals surface area contributed by atoms with E-state index in [2.05, 4.69) is 20.4 Å². The molecule has 4 aromatic rings. The maximum atomic E-state index is 12.7. The van der Waals surface area contributed by atoms with Crippen molar-refractivity contribution in [1.29, 1.82) is 0 Å². The summed E-state index contributed by atoms with van der Waals surface area (Å²) in [7, 11) is 1.84. The first kappa shape index (κ1) is 16.3. The molecule has 4 heterocycles. The lowest BCUT2D eigenvalue weighted by Crippen LogP contribution is -2.26. The molecule has 132 valence electrons. The Labute approximate surface area is 150 Å². The summed E-state index contributed by atoms with van der Waals surface area (Å²) < 4.78 is 3.69. The first-order valence-electron chi connectivity index (χ1n) is 8.54. The monoisotopic (exact) mass is 348 g/mol. The Kier molecular flexibility index (Phi) is 3.91. The molecule has 0 saturated carbocycles. The molecule has 0 fully saturated rings. The molecule has 0 aliphatic carbocycles. The highest BCUT2D eigenvalue weighted by atomic mass is 16.1. The quantitative estimate of drug-likeness (QED) is 0.613. The van der Waals surface area contributed by atoms with E-state index in [0.717, 1.165) is 33.8 Å². The number of rotatable bonds is 4. The van der Waals surface area contributed by atoms with Crippen LogP contribution in [0.2, 0.25) is 0 Å². The average molecular weight is 348 g/mol. The number of nitrogens with zero attached hydrogens (tertiary/aromatic N) is 5. The molecule has 0 bridgehead atoms. The molecule has 0 aromatic carbocycles. The minimum atomic E-state index is -0.111. The average Bonchev–Trinajstić information content (AvgIpc) is 3.14. The van der Waals surface area contributed by atoms with Crippen LogP contribution in [0.15, 0.2) is 36.7 Å². The maximum absolute atomic E-state index is 12.7. The van der Waals surface area contributed by atoms with Crippen LogP contribution in [0.25, 0.3) is 16.7 Å². The molecule has 4 rings (SSSR count). The number of hydrogen-bond acceptors (Lipinski definition) is 4. The van der Waals surface area contributed by atoms with Gasteiger partial charge in [0, 0.05) is 38.1 Å². The summed E-state index contributed by atoms with van der Waals surface area (Å²) in [5, 5.41) is 8.19. The third kappa shape index (κ3) is 2.81. The van der Waals surface area contributed by atoms with Gasteiger partial charge in [-0.25, -0.2) is 9.97 Å². The standard InChI is InChI=1S/C19H20N6O/c1-12-10-15(17-13(2)23-24(3)18(17)21-12)19(26)20-8-7-14-11-25-9-5-4-6-16(25)22-14/h4-6,9-11H,7-8H2,1-3H3,(H,20,26). The van der Waals surface area contributed by atoms with Crippen LogP contribution in [-0.2, 0) is 13.5 Å². The normalized spacial score (nSPS) is 11.3. The van der Waals surface area contributed by atoms with Crippen molar-refractivity contribution in [3.05, 3.63) is 59.3 Å². The molecule has 0 unspecified atom stereocenters. The zero-order valence-electron chi connectivity index (χ0n) is 15.0. The Morgan fingerprint density at radius 1 is 1.23 bits per heavy atom. The van der Waals surface area contributed by atoms with E-state index in [1.807, 2.05) is 62.0 Å². The minimum absolute atomic E-state index is 0.111. The fourth-order valence-corrected chi connectivity index (χ4v) is 3.26. The minimum Gasteiger partial charge on any atom is -0.352 e. The Hall–Kier alpha value is -3.22. The van der Waals surface area contributed by atoms with Crippen molar-refractivity contribution >= 4 is 22.6 Å². The van der Waals surface area contributed by atoms with Crippen molar-refractivity contribution in [1.82, 2.24) is 29.5 Å². The predicted molar refractivity (Wildman–Crippen MR) is 99.2 cm³/mol. The second-order valence-electron chi connectivity index (χ2n) is 6.42. The molecule has 0 radical (unpaired) electrons. The van der Waals surface area contributed by atoms with Gasteiger partial charge in [0.1, 0.15) is 5.65 Å². The Balaban J connectivity index is 1.52. The number of carbonyl (C=O) groups is 1. The molecule has 0 saturated heterocycles. The highest BCUT2D eigenvalue weighted by molar-refractivity contribution is 6.06. The van der Waals surface area contributed by atoms with Crippen LogP contribution in [0, 0.1) is 13.8 Å². The molecule has 7 nitrogen and oxygen atoms in total. The van der Waals surface area contributed by atoms with E-state index in [1.165, 1.54) is 0 Å². The summed E-state index contributed by atoms with van der Waals surface area (Å²) >= 11 is 0.